The molecule has 7 heteroatoms. The molecule has 0 fully saturated rings. The molecule has 96 valence electrons. The van der Waals surface area contributed by atoms with Crippen LogP contribution in [0.3, 0.4) is 0 Å². The van der Waals surface area contributed by atoms with Crippen LogP contribution in [0, 0.1) is 0 Å². The fourth-order valence-corrected chi connectivity index (χ4v) is 2.46. The zero-order chi connectivity index (χ0) is 13.0. The number of nitrogens with zero attached hydrogens (tertiary/aromatic N) is 2. The van der Waals surface area contributed by atoms with Gasteiger partial charge >= 0.3 is 0 Å². The SMILES string of the molecule is CCCC(NC(=O)c1nonc1N)c1cccs1. The van der Waals surface area contributed by atoms with Crippen molar-refractivity contribution in [2.45, 2.75) is 25.8 Å². The predicted molar refractivity (Wildman–Crippen MR) is 68.1 cm³/mol. The molecule has 0 aliphatic heterocycles. The van der Waals surface area contributed by atoms with Crippen molar-refractivity contribution in [3.63, 3.8) is 0 Å². The summed E-state index contributed by atoms with van der Waals surface area (Å²) >= 11 is 1.61. The van der Waals surface area contributed by atoms with Gasteiger partial charge in [0, 0.05) is 4.88 Å². The number of amides is 1. The lowest BCUT2D eigenvalue weighted by Gasteiger charge is -2.15. The van der Waals surface area contributed by atoms with Crippen molar-refractivity contribution in [1.82, 2.24) is 15.6 Å². The number of aromatic nitrogens is 2. The molecule has 0 spiro atoms. The number of nitrogens with two attached hydrogens (primary N) is 1. The van der Waals surface area contributed by atoms with Crippen molar-refractivity contribution in [3.8, 4) is 0 Å². The summed E-state index contributed by atoms with van der Waals surface area (Å²) in [5, 5.41) is 11.8. The van der Waals surface area contributed by atoms with Gasteiger partial charge < -0.3 is 11.1 Å². The Morgan fingerprint density at radius 2 is 2.44 bits per heavy atom. The lowest BCUT2D eigenvalue weighted by Crippen LogP contribution is -2.28. The molecule has 0 aliphatic rings. The molecule has 2 aromatic rings. The summed E-state index contributed by atoms with van der Waals surface area (Å²) < 4.78 is 4.42. The Hall–Kier alpha value is -1.89. The summed E-state index contributed by atoms with van der Waals surface area (Å²) in [6, 6.07) is 3.93. The molecule has 3 N–H and O–H groups in total. The Kier molecular flexibility index (Phi) is 3.93. The molecule has 2 rings (SSSR count). The van der Waals surface area contributed by atoms with Crippen LogP contribution in [0.5, 0.6) is 0 Å². The highest BCUT2D eigenvalue weighted by molar-refractivity contribution is 7.10. The van der Waals surface area contributed by atoms with Gasteiger partial charge in [0.25, 0.3) is 5.91 Å². The van der Waals surface area contributed by atoms with E-state index in [4.69, 9.17) is 5.73 Å². The van der Waals surface area contributed by atoms with Gasteiger partial charge in [-0.05, 0) is 28.2 Å². The van der Waals surface area contributed by atoms with E-state index < -0.39 is 0 Å². The largest absolute Gasteiger partial charge is 0.379 e. The second-order valence-corrected chi connectivity index (χ2v) is 4.81. The van der Waals surface area contributed by atoms with Gasteiger partial charge in [-0.3, -0.25) is 4.79 Å². The van der Waals surface area contributed by atoms with Crippen LogP contribution in [0.4, 0.5) is 5.82 Å². The molecule has 0 saturated heterocycles. The zero-order valence-electron chi connectivity index (χ0n) is 9.92. The quantitative estimate of drug-likeness (QED) is 0.863. The van der Waals surface area contributed by atoms with Crippen LogP contribution in [-0.2, 0) is 0 Å². The standard InChI is InChI=1S/C11H14N4O2S/c1-2-4-7(8-5-3-6-18-8)13-11(16)9-10(12)15-17-14-9/h3,5-7H,2,4H2,1H3,(H2,12,15)(H,13,16). The first-order chi connectivity index (χ1) is 8.72. The predicted octanol–water partition coefficient (Wildman–Crippen LogP) is 1.98. The zero-order valence-corrected chi connectivity index (χ0v) is 10.7. The third-order valence-electron chi connectivity index (χ3n) is 2.50. The van der Waals surface area contributed by atoms with E-state index in [2.05, 4.69) is 27.2 Å². The number of nitrogen functional groups attached to an aromatic ring is 1. The van der Waals surface area contributed by atoms with Crippen LogP contribution in [0.1, 0.15) is 41.2 Å². The van der Waals surface area contributed by atoms with Crippen molar-refractivity contribution in [3.05, 3.63) is 28.1 Å². The summed E-state index contributed by atoms with van der Waals surface area (Å²) in [5.41, 5.74) is 5.52. The molecule has 2 aromatic heterocycles. The average Bonchev–Trinajstić information content (AvgIpc) is 2.98. The smallest absolute Gasteiger partial charge is 0.277 e. The molecule has 2 heterocycles. The minimum absolute atomic E-state index is 0.00827. The molecular formula is C11H14N4O2S. The molecule has 0 saturated carbocycles. The maximum Gasteiger partial charge on any atom is 0.277 e. The minimum Gasteiger partial charge on any atom is -0.379 e. The van der Waals surface area contributed by atoms with Gasteiger partial charge in [0.15, 0.2) is 0 Å². The van der Waals surface area contributed by atoms with E-state index in [1.54, 1.807) is 11.3 Å². The molecule has 1 atom stereocenters. The van der Waals surface area contributed by atoms with Crippen LogP contribution in [0.25, 0.3) is 0 Å². The van der Waals surface area contributed by atoms with Crippen LogP contribution < -0.4 is 11.1 Å². The number of hydrogen-bond donors (Lipinski definition) is 2. The van der Waals surface area contributed by atoms with Crippen molar-refractivity contribution >= 4 is 23.1 Å². The van der Waals surface area contributed by atoms with Crippen molar-refractivity contribution in [1.29, 1.82) is 0 Å². The van der Waals surface area contributed by atoms with E-state index in [-0.39, 0.29) is 23.5 Å². The topological polar surface area (TPSA) is 94.0 Å². The highest BCUT2D eigenvalue weighted by atomic mass is 32.1. The second kappa shape index (κ2) is 5.63. The summed E-state index contributed by atoms with van der Waals surface area (Å²) in [4.78, 5) is 13.1. The van der Waals surface area contributed by atoms with Gasteiger partial charge in [0.1, 0.15) is 0 Å². The number of carbonyl (C=O) groups excluding carboxylic acids is 1. The Labute approximate surface area is 108 Å². The summed E-state index contributed by atoms with van der Waals surface area (Å²) in [6.45, 7) is 2.07. The Balaban J connectivity index is 2.10. The second-order valence-electron chi connectivity index (χ2n) is 3.83. The van der Waals surface area contributed by atoms with E-state index in [1.165, 1.54) is 0 Å². The van der Waals surface area contributed by atoms with Crippen LogP contribution in [-0.4, -0.2) is 16.2 Å². The molecule has 0 aliphatic carbocycles. The van der Waals surface area contributed by atoms with Gasteiger partial charge in [-0.2, -0.15) is 0 Å². The number of rotatable bonds is 5. The maximum atomic E-state index is 12.0. The average molecular weight is 266 g/mol. The Morgan fingerprint density at radius 1 is 1.61 bits per heavy atom. The van der Waals surface area contributed by atoms with Crippen molar-refractivity contribution < 1.29 is 9.42 Å². The van der Waals surface area contributed by atoms with E-state index in [9.17, 15) is 4.79 Å². The van der Waals surface area contributed by atoms with Gasteiger partial charge in [0.2, 0.25) is 11.5 Å². The number of anilines is 1. The lowest BCUT2D eigenvalue weighted by molar-refractivity contribution is 0.0926. The van der Waals surface area contributed by atoms with Crippen LogP contribution in [0.2, 0.25) is 0 Å². The van der Waals surface area contributed by atoms with E-state index in [0.717, 1.165) is 17.7 Å². The summed E-state index contributed by atoms with van der Waals surface area (Å²) in [6.07, 6.45) is 1.83. The first kappa shape index (κ1) is 12.6. The van der Waals surface area contributed by atoms with Gasteiger partial charge in [-0.15, -0.1) is 11.3 Å². The number of hydrogen-bond acceptors (Lipinski definition) is 6. The monoisotopic (exact) mass is 266 g/mol. The third-order valence-corrected chi connectivity index (χ3v) is 3.48. The normalized spacial score (nSPS) is 12.3. The highest BCUT2D eigenvalue weighted by Gasteiger charge is 2.20. The third kappa shape index (κ3) is 2.67. The van der Waals surface area contributed by atoms with Crippen LogP contribution >= 0.6 is 11.3 Å². The molecule has 0 radical (unpaired) electrons. The molecule has 0 bridgehead atoms. The fraction of sp³-hybridized carbons (Fsp3) is 0.364. The molecular weight excluding hydrogens is 252 g/mol. The first-order valence-corrected chi connectivity index (χ1v) is 6.52. The van der Waals surface area contributed by atoms with Crippen LogP contribution in [0.15, 0.2) is 22.1 Å². The summed E-state index contributed by atoms with van der Waals surface area (Å²) in [7, 11) is 0. The maximum absolute atomic E-state index is 12.0. The lowest BCUT2D eigenvalue weighted by atomic mass is 10.1. The first-order valence-electron chi connectivity index (χ1n) is 5.64. The van der Waals surface area contributed by atoms with Gasteiger partial charge in [-0.25, -0.2) is 4.63 Å². The minimum atomic E-state index is -0.361. The van der Waals surface area contributed by atoms with Gasteiger partial charge in [-0.1, -0.05) is 19.4 Å². The van der Waals surface area contributed by atoms with E-state index in [1.807, 2.05) is 17.5 Å². The molecule has 0 aromatic carbocycles. The molecule has 18 heavy (non-hydrogen) atoms. The van der Waals surface area contributed by atoms with E-state index in [0.29, 0.717) is 0 Å². The summed E-state index contributed by atoms with van der Waals surface area (Å²) in [5.74, 6) is -0.352. The van der Waals surface area contributed by atoms with Crippen molar-refractivity contribution in [2.75, 3.05) is 5.73 Å². The van der Waals surface area contributed by atoms with Gasteiger partial charge in [0.05, 0.1) is 6.04 Å². The molecule has 6 nitrogen and oxygen atoms in total. The van der Waals surface area contributed by atoms with Crippen molar-refractivity contribution in [2.24, 2.45) is 0 Å². The number of thiophene rings is 1. The molecule has 1 amide bonds. The Bertz CT molecular complexity index is 509. The van der Waals surface area contributed by atoms with E-state index >= 15 is 0 Å². The number of carbonyl (C=O) groups is 1. The highest BCUT2D eigenvalue weighted by Crippen LogP contribution is 2.23. The molecule has 1 unspecified atom stereocenters. The Morgan fingerprint density at radius 3 is 3.00 bits per heavy atom. The fourth-order valence-electron chi connectivity index (χ4n) is 1.64. The number of nitrogens with one attached hydrogen (secondary N) is 1.